The zero-order valence-electron chi connectivity index (χ0n) is 16.6. The summed E-state index contributed by atoms with van der Waals surface area (Å²) in [6, 6.07) is 0. The summed E-state index contributed by atoms with van der Waals surface area (Å²) in [7, 11) is 0. The Morgan fingerprint density at radius 2 is 1.67 bits per heavy atom. The molecular weight excluding hydrogens is 336 g/mol. The van der Waals surface area contributed by atoms with Crippen molar-refractivity contribution in [1.29, 1.82) is 0 Å². The van der Waals surface area contributed by atoms with Crippen molar-refractivity contribution in [1.82, 2.24) is 0 Å². The van der Waals surface area contributed by atoms with E-state index in [1.165, 1.54) is 38.5 Å². The molecule has 9 atom stereocenters. The molecule has 0 saturated heterocycles. The van der Waals surface area contributed by atoms with Crippen molar-refractivity contribution in [2.75, 3.05) is 0 Å². The van der Waals surface area contributed by atoms with Gasteiger partial charge in [0.2, 0.25) is 0 Å². The number of rotatable bonds is 2. The summed E-state index contributed by atoms with van der Waals surface area (Å²) < 4.78 is 5.85. The average molecular weight is 371 g/mol. The van der Waals surface area contributed by atoms with Gasteiger partial charge in [0.25, 0.3) is 0 Å². The second kappa shape index (κ2) is 4.94. The Hall–Kier alpha value is -0.570. The molecule has 0 heterocycles. The predicted molar refractivity (Wildman–Crippen MR) is 101 cm³/mol. The van der Waals surface area contributed by atoms with Crippen LogP contribution in [0.5, 0.6) is 0 Å². The van der Waals surface area contributed by atoms with Crippen LogP contribution in [0.4, 0.5) is 0 Å². The van der Waals surface area contributed by atoms with E-state index >= 15 is 0 Å². The largest absolute Gasteiger partial charge is 0.462 e. The fourth-order valence-electron chi connectivity index (χ4n) is 11.5. The molecule has 0 amide bonds. The predicted octanol–water partition coefficient (Wildman–Crippen LogP) is 4.18. The molecule has 148 valence electrons. The van der Waals surface area contributed by atoms with Crippen molar-refractivity contribution < 1.29 is 14.6 Å². The fraction of sp³-hybridized carbons (Fsp3) is 0.958. The standard InChI is InChI=1S/C24H34O3/c1-12(25)27-20-8-18-7-19(20)22-14-2-3-17(6-14)24(18,22)21-15-4-13-5-16(21)11-23(26,9-13)10-15/h13-22,26H,2-11H2,1H3. The maximum atomic E-state index is 11.7. The molecule has 9 unspecified atom stereocenters. The summed E-state index contributed by atoms with van der Waals surface area (Å²) >= 11 is 0. The maximum Gasteiger partial charge on any atom is 0.302 e. The number of ether oxygens (including phenoxy) is 1. The lowest BCUT2D eigenvalue weighted by molar-refractivity contribution is -0.213. The fourth-order valence-corrected chi connectivity index (χ4v) is 11.5. The van der Waals surface area contributed by atoms with E-state index in [2.05, 4.69) is 0 Å². The van der Waals surface area contributed by atoms with Gasteiger partial charge in [0.15, 0.2) is 0 Å². The average Bonchev–Trinajstić information content (AvgIpc) is 3.29. The molecule has 0 aromatic rings. The van der Waals surface area contributed by atoms with Gasteiger partial charge in [-0.3, -0.25) is 4.79 Å². The number of carbonyl (C=O) groups is 1. The molecule has 0 aromatic carbocycles. The lowest BCUT2D eigenvalue weighted by Gasteiger charge is -2.66. The molecule has 1 N–H and O–H groups in total. The SMILES string of the molecule is CC(=O)OC1CC2CC1C1C3CCC(C3)C21C1C2CC3CC1CC(O)(C3)C2. The van der Waals surface area contributed by atoms with E-state index in [1.54, 1.807) is 6.92 Å². The van der Waals surface area contributed by atoms with Gasteiger partial charge in [-0.05, 0) is 123 Å². The molecular formula is C24H34O3. The molecule has 3 heteroatoms. The van der Waals surface area contributed by atoms with Crippen LogP contribution in [0, 0.1) is 58.7 Å². The first-order chi connectivity index (χ1) is 13.0. The van der Waals surface area contributed by atoms with E-state index in [1.807, 2.05) is 0 Å². The number of hydrogen-bond acceptors (Lipinski definition) is 3. The Bertz CT molecular complexity index is 686. The number of esters is 1. The first-order valence-electron chi connectivity index (χ1n) is 11.9. The Morgan fingerprint density at radius 3 is 2.37 bits per heavy atom. The summed E-state index contributed by atoms with van der Waals surface area (Å²) in [6.07, 6.45) is 13.2. The highest BCUT2D eigenvalue weighted by Crippen LogP contribution is 2.80. The van der Waals surface area contributed by atoms with Crippen molar-refractivity contribution >= 4 is 5.97 Å². The van der Waals surface area contributed by atoms with E-state index in [0.29, 0.717) is 11.3 Å². The van der Waals surface area contributed by atoms with Crippen molar-refractivity contribution in [3.63, 3.8) is 0 Å². The Labute approximate surface area is 162 Å². The van der Waals surface area contributed by atoms with Crippen LogP contribution >= 0.6 is 0 Å². The van der Waals surface area contributed by atoms with E-state index in [9.17, 15) is 9.90 Å². The van der Waals surface area contributed by atoms with Crippen LogP contribution in [0.1, 0.15) is 71.1 Å². The van der Waals surface area contributed by atoms with Crippen molar-refractivity contribution in [3.05, 3.63) is 0 Å². The van der Waals surface area contributed by atoms with Gasteiger partial charge in [0, 0.05) is 6.92 Å². The minimum Gasteiger partial charge on any atom is -0.462 e. The molecule has 0 radical (unpaired) electrons. The summed E-state index contributed by atoms with van der Waals surface area (Å²) in [5.41, 5.74) is 0.248. The van der Waals surface area contributed by atoms with Crippen LogP contribution in [0.2, 0.25) is 0 Å². The summed E-state index contributed by atoms with van der Waals surface area (Å²) in [6.45, 7) is 1.60. The van der Waals surface area contributed by atoms with Crippen LogP contribution in [0.15, 0.2) is 0 Å². The second-order valence-electron chi connectivity index (χ2n) is 12.0. The Balaban J connectivity index is 1.30. The van der Waals surface area contributed by atoms with Crippen molar-refractivity contribution in [2.45, 2.75) is 82.8 Å². The molecule has 8 aliphatic rings. The number of carbonyl (C=O) groups excluding carboxylic acids is 1. The minimum atomic E-state index is -0.311. The third kappa shape index (κ3) is 1.83. The highest BCUT2D eigenvalue weighted by atomic mass is 16.5. The quantitative estimate of drug-likeness (QED) is 0.586. The molecule has 8 saturated carbocycles. The molecule has 0 spiro atoms. The lowest BCUT2D eigenvalue weighted by atomic mass is 9.40. The van der Waals surface area contributed by atoms with Gasteiger partial charge in [-0.25, -0.2) is 0 Å². The highest BCUT2D eigenvalue weighted by molar-refractivity contribution is 5.66. The zero-order valence-corrected chi connectivity index (χ0v) is 16.6. The number of fused-ring (bicyclic) bond motifs is 10. The summed E-state index contributed by atoms with van der Waals surface area (Å²) in [5, 5.41) is 11.1. The Morgan fingerprint density at radius 1 is 0.889 bits per heavy atom. The van der Waals surface area contributed by atoms with Crippen molar-refractivity contribution in [2.24, 2.45) is 58.7 Å². The molecule has 0 aromatic heterocycles. The maximum absolute atomic E-state index is 11.7. The summed E-state index contributed by atoms with van der Waals surface area (Å²) in [4.78, 5) is 11.7. The monoisotopic (exact) mass is 370 g/mol. The number of aliphatic hydroxyl groups is 1. The van der Waals surface area contributed by atoms with E-state index in [-0.39, 0.29) is 17.7 Å². The first kappa shape index (κ1) is 16.3. The lowest BCUT2D eigenvalue weighted by Crippen LogP contribution is -2.62. The van der Waals surface area contributed by atoms with Gasteiger partial charge < -0.3 is 9.84 Å². The third-order valence-corrected chi connectivity index (χ3v) is 11.1. The van der Waals surface area contributed by atoms with Gasteiger partial charge >= 0.3 is 5.97 Å². The Kier molecular flexibility index (Phi) is 2.97. The first-order valence-corrected chi connectivity index (χ1v) is 11.9. The molecule has 3 nitrogen and oxygen atoms in total. The van der Waals surface area contributed by atoms with Crippen LogP contribution < -0.4 is 0 Å². The minimum absolute atomic E-state index is 0.0712. The normalized spacial score (nSPS) is 64.4. The summed E-state index contributed by atoms with van der Waals surface area (Å²) in [5.74, 6) is 7.31. The van der Waals surface area contributed by atoms with Crippen molar-refractivity contribution in [3.8, 4) is 0 Å². The molecule has 8 rings (SSSR count). The van der Waals surface area contributed by atoms with Gasteiger partial charge in [-0.1, -0.05) is 0 Å². The topological polar surface area (TPSA) is 46.5 Å². The van der Waals surface area contributed by atoms with E-state index in [4.69, 9.17) is 4.74 Å². The van der Waals surface area contributed by atoms with E-state index in [0.717, 1.165) is 73.0 Å². The number of hydrogen-bond donors (Lipinski definition) is 1. The molecule has 8 fully saturated rings. The van der Waals surface area contributed by atoms with Crippen LogP contribution in [0.25, 0.3) is 0 Å². The smallest absolute Gasteiger partial charge is 0.302 e. The zero-order chi connectivity index (χ0) is 18.1. The van der Waals surface area contributed by atoms with Crippen LogP contribution in [0.3, 0.4) is 0 Å². The third-order valence-electron chi connectivity index (χ3n) is 11.1. The van der Waals surface area contributed by atoms with Gasteiger partial charge in [-0.2, -0.15) is 0 Å². The van der Waals surface area contributed by atoms with E-state index < -0.39 is 0 Å². The van der Waals surface area contributed by atoms with Crippen LogP contribution in [-0.4, -0.2) is 22.8 Å². The molecule has 8 aliphatic carbocycles. The molecule has 27 heavy (non-hydrogen) atoms. The van der Waals surface area contributed by atoms with Gasteiger partial charge in [0.05, 0.1) is 5.60 Å². The molecule has 8 bridgehead atoms. The van der Waals surface area contributed by atoms with Gasteiger partial charge in [0.1, 0.15) is 6.10 Å². The highest BCUT2D eigenvalue weighted by Gasteiger charge is 2.76. The van der Waals surface area contributed by atoms with Gasteiger partial charge in [-0.15, -0.1) is 0 Å². The molecule has 0 aliphatic heterocycles. The second-order valence-corrected chi connectivity index (χ2v) is 12.0. The van der Waals surface area contributed by atoms with Crippen LogP contribution in [-0.2, 0) is 9.53 Å².